The summed E-state index contributed by atoms with van der Waals surface area (Å²) in [5.41, 5.74) is 3.80. The van der Waals surface area contributed by atoms with E-state index in [9.17, 15) is 9.59 Å². The molecule has 0 fully saturated rings. The van der Waals surface area contributed by atoms with Crippen LogP contribution in [0.3, 0.4) is 0 Å². The molecule has 1 heterocycles. The molecule has 0 aliphatic rings. The van der Waals surface area contributed by atoms with Crippen molar-refractivity contribution in [3.05, 3.63) is 112 Å². The van der Waals surface area contributed by atoms with Crippen molar-refractivity contribution in [1.82, 2.24) is 14.7 Å². The lowest BCUT2D eigenvalue weighted by Gasteiger charge is -2.24. The Kier molecular flexibility index (Phi) is 8.50. The van der Waals surface area contributed by atoms with E-state index in [0.29, 0.717) is 28.6 Å². The average molecular weight is 557 g/mol. The van der Waals surface area contributed by atoms with E-state index in [1.807, 2.05) is 78.9 Å². The number of nitrogens with zero attached hydrogens (tertiary/aromatic N) is 3. The lowest BCUT2D eigenvalue weighted by atomic mass is 9.86. The summed E-state index contributed by atoms with van der Waals surface area (Å²) in [6.07, 6.45) is 0. The van der Waals surface area contributed by atoms with Gasteiger partial charge >= 0.3 is 0 Å². The Labute approximate surface area is 242 Å². The second-order valence-electron chi connectivity index (χ2n) is 12.1. The highest BCUT2D eigenvalue weighted by molar-refractivity contribution is 6.32. The van der Waals surface area contributed by atoms with Gasteiger partial charge < -0.3 is 10.2 Å². The molecule has 7 heteroatoms. The molecule has 4 aromatic rings. The summed E-state index contributed by atoms with van der Waals surface area (Å²) in [7, 11) is 0. The first kappa shape index (κ1) is 29.1. The zero-order valence-corrected chi connectivity index (χ0v) is 24.8. The molecule has 40 heavy (non-hydrogen) atoms. The number of anilines is 1. The van der Waals surface area contributed by atoms with Crippen molar-refractivity contribution < 1.29 is 9.59 Å². The molecule has 0 bridgehead atoms. The summed E-state index contributed by atoms with van der Waals surface area (Å²) < 4.78 is 1.65. The lowest BCUT2D eigenvalue weighted by Crippen LogP contribution is -2.38. The van der Waals surface area contributed by atoms with Gasteiger partial charge in [0, 0.05) is 23.6 Å². The third-order valence-electron chi connectivity index (χ3n) is 6.66. The van der Waals surface area contributed by atoms with Crippen LogP contribution in [0.15, 0.2) is 84.9 Å². The molecule has 0 atom stereocenters. The van der Waals surface area contributed by atoms with Gasteiger partial charge in [-0.1, -0.05) is 108 Å². The van der Waals surface area contributed by atoms with Crippen LogP contribution in [0.4, 0.5) is 5.82 Å². The predicted octanol–water partition coefficient (Wildman–Crippen LogP) is 7.40. The van der Waals surface area contributed by atoms with Crippen LogP contribution in [-0.4, -0.2) is 33.0 Å². The van der Waals surface area contributed by atoms with Crippen LogP contribution in [0.1, 0.15) is 68.7 Å². The van der Waals surface area contributed by atoms with E-state index in [-0.39, 0.29) is 29.2 Å². The van der Waals surface area contributed by atoms with Crippen molar-refractivity contribution in [2.45, 2.75) is 58.9 Å². The van der Waals surface area contributed by atoms with Crippen LogP contribution in [-0.2, 0) is 22.2 Å². The Morgan fingerprint density at radius 2 is 1.48 bits per heavy atom. The van der Waals surface area contributed by atoms with Crippen LogP contribution in [0.2, 0.25) is 5.02 Å². The van der Waals surface area contributed by atoms with E-state index in [1.165, 1.54) is 0 Å². The van der Waals surface area contributed by atoms with Crippen LogP contribution >= 0.6 is 11.6 Å². The van der Waals surface area contributed by atoms with Crippen LogP contribution in [0.25, 0.3) is 5.69 Å². The first-order valence-electron chi connectivity index (χ1n) is 13.4. The van der Waals surface area contributed by atoms with E-state index >= 15 is 0 Å². The summed E-state index contributed by atoms with van der Waals surface area (Å²) in [5.74, 6) is -0.0524. The predicted molar refractivity (Wildman–Crippen MR) is 162 cm³/mol. The fraction of sp³-hybridized carbons (Fsp3) is 0.303. The Bertz CT molecular complexity index is 1480. The van der Waals surface area contributed by atoms with Gasteiger partial charge in [0.1, 0.15) is 12.4 Å². The van der Waals surface area contributed by atoms with Crippen molar-refractivity contribution in [2.75, 3.05) is 11.9 Å². The number of benzene rings is 3. The van der Waals surface area contributed by atoms with Gasteiger partial charge in [-0.15, -0.1) is 0 Å². The van der Waals surface area contributed by atoms with Crippen molar-refractivity contribution in [3.63, 3.8) is 0 Å². The smallest absolute Gasteiger partial charge is 0.254 e. The molecule has 1 aromatic heterocycles. The normalized spacial score (nSPS) is 11.8. The second kappa shape index (κ2) is 11.7. The highest BCUT2D eigenvalue weighted by Crippen LogP contribution is 2.29. The number of halogens is 1. The Morgan fingerprint density at radius 1 is 0.850 bits per heavy atom. The molecule has 208 valence electrons. The topological polar surface area (TPSA) is 67.2 Å². The number of aromatic nitrogens is 2. The molecule has 1 N–H and O–H groups in total. The molecule has 2 amide bonds. The number of hydrogen-bond donors (Lipinski definition) is 1. The first-order chi connectivity index (χ1) is 18.8. The van der Waals surface area contributed by atoms with Gasteiger partial charge in [-0.05, 0) is 40.8 Å². The average Bonchev–Trinajstić information content (AvgIpc) is 3.32. The maximum absolute atomic E-state index is 13.7. The SMILES string of the molecule is CC(C)(C)c1ccc(C(=O)N(CC(=O)Nc2cc(C(C)(C)C)nn2-c2ccccc2Cl)Cc2ccccc2)cc1. The number of amides is 2. The largest absolute Gasteiger partial charge is 0.325 e. The minimum absolute atomic E-state index is 0.0261. The second-order valence-corrected chi connectivity index (χ2v) is 12.5. The van der Waals surface area contributed by atoms with Gasteiger partial charge in [0.2, 0.25) is 5.91 Å². The van der Waals surface area contributed by atoms with E-state index in [0.717, 1.165) is 16.8 Å². The molecular formula is C33H37ClN4O2. The van der Waals surface area contributed by atoms with Crippen molar-refractivity contribution >= 4 is 29.2 Å². The van der Waals surface area contributed by atoms with Gasteiger partial charge in [-0.25, -0.2) is 4.68 Å². The monoisotopic (exact) mass is 556 g/mol. The van der Waals surface area contributed by atoms with Gasteiger partial charge in [0.25, 0.3) is 5.91 Å². The molecule has 0 saturated heterocycles. The Balaban J connectivity index is 1.62. The summed E-state index contributed by atoms with van der Waals surface area (Å²) >= 11 is 6.49. The van der Waals surface area contributed by atoms with Crippen molar-refractivity contribution in [1.29, 1.82) is 0 Å². The van der Waals surface area contributed by atoms with Gasteiger partial charge in [-0.2, -0.15) is 5.10 Å². The van der Waals surface area contributed by atoms with E-state index in [1.54, 1.807) is 15.6 Å². The first-order valence-corrected chi connectivity index (χ1v) is 13.8. The van der Waals surface area contributed by atoms with Crippen LogP contribution in [0, 0.1) is 0 Å². The standard InChI is InChI=1S/C33H37ClN4O2/c1-32(2,3)25-18-16-24(17-19-25)31(40)37(21-23-12-8-7-9-13-23)22-30(39)35-29-20-28(33(4,5)6)36-38(29)27-15-11-10-14-26(27)34/h7-20H,21-22H2,1-6H3,(H,35,39). The summed E-state index contributed by atoms with van der Waals surface area (Å²) in [5, 5.41) is 8.26. The Hall–Kier alpha value is -3.90. The Morgan fingerprint density at radius 3 is 2.08 bits per heavy atom. The molecule has 0 saturated carbocycles. The van der Waals surface area contributed by atoms with Crippen LogP contribution < -0.4 is 5.32 Å². The van der Waals surface area contributed by atoms with Crippen molar-refractivity contribution in [3.8, 4) is 5.69 Å². The van der Waals surface area contributed by atoms with Crippen LogP contribution in [0.5, 0.6) is 0 Å². The maximum atomic E-state index is 13.7. The molecule has 6 nitrogen and oxygen atoms in total. The fourth-order valence-electron chi connectivity index (χ4n) is 4.30. The van der Waals surface area contributed by atoms with Crippen molar-refractivity contribution in [2.24, 2.45) is 0 Å². The maximum Gasteiger partial charge on any atom is 0.254 e. The summed E-state index contributed by atoms with van der Waals surface area (Å²) in [4.78, 5) is 28.7. The molecule has 0 aliphatic carbocycles. The zero-order valence-electron chi connectivity index (χ0n) is 24.0. The van der Waals surface area contributed by atoms with E-state index in [2.05, 4.69) is 46.9 Å². The molecular weight excluding hydrogens is 520 g/mol. The summed E-state index contributed by atoms with van der Waals surface area (Å²) in [6, 6.07) is 26.5. The minimum atomic E-state index is -0.329. The third kappa shape index (κ3) is 6.99. The molecule has 0 spiro atoms. The molecule has 0 radical (unpaired) electrons. The van der Waals surface area contributed by atoms with Gasteiger partial charge in [0.15, 0.2) is 0 Å². The van der Waals surface area contributed by atoms with Gasteiger partial charge in [-0.3, -0.25) is 9.59 Å². The molecule has 0 aliphatic heterocycles. The molecule has 3 aromatic carbocycles. The summed E-state index contributed by atoms with van der Waals surface area (Å²) in [6.45, 7) is 12.7. The lowest BCUT2D eigenvalue weighted by molar-refractivity contribution is -0.117. The number of para-hydroxylation sites is 1. The number of carbonyl (C=O) groups is 2. The van der Waals surface area contributed by atoms with Gasteiger partial charge in [0.05, 0.1) is 16.4 Å². The van der Waals surface area contributed by atoms with E-state index in [4.69, 9.17) is 16.7 Å². The quantitative estimate of drug-likeness (QED) is 0.258. The zero-order chi connectivity index (χ0) is 29.1. The van der Waals surface area contributed by atoms with E-state index < -0.39 is 0 Å². The highest BCUT2D eigenvalue weighted by atomic mass is 35.5. The molecule has 4 rings (SSSR count). The highest BCUT2D eigenvalue weighted by Gasteiger charge is 2.25. The number of nitrogens with one attached hydrogen (secondary N) is 1. The minimum Gasteiger partial charge on any atom is -0.325 e. The number of hydrogen-bond acceptors (Lipinski definition) is 3. The third-order valence-corrected chi connectivity index (χ3v) is 6.98. The molecule has 0 unspecified atom stereocenters. The number of carbonyl (C=O) groups excluding carboxylic acids is 2. The fourth-order valence-corrected chi connectivity index (χ4v) is 4.51. The number of rotatable bonds is 7.